The smallest absolute Gasteiger partial charge is 0.340 e. The molecule has 0 saturated carbocycles. The molecule has 2 rings (SSSR count). The number of rotatable bonds is 6. The van der Waals surface area contributed by atoms with Gasteiger partial charge in [-0.3, -0.25) is 4.79 Å². The number of carbonyl (C=O) groups excluding carboxylic acids is 1. The van der Waals surface area contributed by atoms with Crippen LogP contribution in [0.15, 0.2) is 27.4 Å². The van der Waals surface area contributed by atoms with Crippen molar-refractivity contribution >= 4 is 22.8 Å². The van der Waals surface area contributed by atoms with Crippen molar-refractivity contribution in [2.45, 2.75) is 39.7 Å². The quantitative estimate of drug-likeness (QED) is 0.688. The fourth-order valence-electron chi connectivity index (χ4n) is 2.66. The minimum absolute atomic E-state index is 0.0293. The normalized spacial score (nSPS) is 13.4. The zero-order valence-electron chi connectivity index (χ0n) is 14.3. The van der Waals surface area contributed by atoms with Crippen LogP contribution in [0, 0.1) is 12.8 Å². The lowest BCUT2D eigenvalue weighted by molar-refractivity contribution is -0.143. The maximum atomic E-state index is 12.2. The lowest BCUT2D eigenvalue weighted by atomic mass is 9.98. The molecule has 1 aromatic carbocycles. The van der Waals surface area contributed by atoms with Crippen LogP contribution in [0.25, 0.3) is 11.0 Å². The maximum absolute atomic E-state index is 12.2. The monoisotopic (exact) mass is 347 g/mol. The summed E-state index contributed by atoms with van der Waals surface area (Å²) in [5.41, 5.74) is 0.289. The molecule has 134 valence electrons. The van der Waals surface area contributed by atoms with Gasteiger partial charge in [0.2, 0.25) is 5.91 Å². The summed E-state index contributed by atoms with van der Waals surface area (Å²) >= 11 is 0. The fraction of sp³-hybridized carbons (Fsp3) is 0.389. The fourth-order valence-corrected chi connectivity index (χ4v) is 2.66. The predicted molar refractivity (Wildman–Crippen MR) is 91.6 cm³/mol. The van der Waals surface area contributed by atoms with Gasteiger partial charge in [-0.1, -0.05) is 20.3 Å². The molecule has 0 aliphatic heterocycles. The summed E-state index contributed by atoms with van der Waals surface area (Å²) < 4.78 is 5.16. The van der Waals surface area contributed by atoms with Crippen molar-refractivity contribution in [2.75, 3.05) is 0 Å². The van der Waals surface area contributed by atoms with Crippen LogP contribution in [0.5, 0.6) is 5.75 Å². The van der Waals surface area contributed by atoms with Gasteiger partial charge in [0.05, 0.1) is 12.0 Å². The first-order chi connectivity index (χ1) is 11.7. The summed E-state index contributed by atoms with van der Waals surface area (Å²) in [6.45, 7) is 5.26. The van der Waals surface area contributed by atoms with E-state index in [4.69, 9.17) is 4.42 Å². The van der Waals surface area contributed by atoms with E-state index in [0.717, 1.165) is 0 Å². The Hall–Kier alpha value is -2.83. The average Bonchev–Trinajstić information content (AvgIpc) is 2.55. The number of nitrogens with one attached hydrogen (secondary N) is 1. The summed E-state index contributed by atoms with van der Waals surface area (Å²) in [6, 6.07) is 3.38. The molecule has 2 atom stereocenters. The largest absolute Gasteiger partial charge is 0.508 e. The molecule has 0 radical (unpaired) electrons. The minimum Gasteiger partial charge on any atom is -0.508 e. The van der Waals surface area contributed by atoms with Gasteiger partial charge in [-0.2, -0.15) is 0 Å². The van der Waals surface area contributed by atoms with E-state index in [1.54, 1.807) is 19.9 Å². The predicted octanol–water partition coefficient (Wildman–Crippen LogP) is 1.97. The standard InChI is InChI=1S/C18H21NO6/c1-4-9(2)16(17(22)23)19-15(21)8-13-10(3)12-6-5-11(20)7-14(12)25-18(13)24/h5-7,9,16,20H,4,8H2,1-3H3,(H,19,21)(H,22,23)/t9-,16+/m0/s1. The Morgan fingerprint density at radius 3 is 2.60 bits per heavy atom. The van der Waals surface area contributed by atoms with Gasteiger partial charge in [0.25, 0.3) is 0 Å². The molecule has 25 heavy (non-hydrogen) atoms. The number of phenolic OH excluding ortho intramolecular Hbond substituents is 1. The van der Waals surface area contributed by atoms with Crippen LogP contribution in [0.2, 0.25) is 0 Å². The number of aromatic hydroxyl groups is 1. The van der Waals surface area contributed by atoms with Gasteiger partial charge in [0, 0.05) is 11.5 Å². The number of aliphatic carboxylic acids is 1. The molecular weight excluding hydrogens is 326 g/mol. The first-order valence-corrected chi connectivity index (χ1v) is 8.02. The summed E-state index contributed by atoms with van der Waals surface area (Å²) in [5, 5.41) is 21.8. The Bertz CT molecular complexity index is 870. The van der Waals surface area contributed by atoms with E-state index >= 15 is 0 Å². The molecule has 0 aliphatic rings. The number of fused-ring (bicyclic) bond motifs is 1. The lowest BCUT2D eigenvalue weighted by Crippen LogP contribution is -2.45. The van der Waals surface area contributed by atoms with Crippen molar-refractivity contribution in [2.24, 2.45) is 5.92 Å². The van der Waals surface area contributed by atoms with Crippen LogP contribution >= 0.6 is 0 Å². The number of carbonyl (C=O) groups is 2. The number of phenols is 1. The zero-order chi connectivity index (χ0) is 18.7. The van der Waals surface area contributed by atoms with E-state index in [1.165, 1.54) is 12.1 Å². The first kappa shape index (κ1) is 18.5. The molecule has 0 saturated heterocycles. The number of aryl methyl sites for hydroxylation is 1. The third-order valence-corrected chi connectivity index (χ3v) is 4.40. The zero-order valence-corrected chi connectivity index (χ0v) is 14.3. The number of hydrogen-bond acceptors (Lipinski definition) is 5. The van der Waals surface area contributed by atoms with Crippen LogP contribution in [0.3, 0.4) is 0 Å². The third-order valence-electron chi connectivity index (χ3n) is 4.40. The number of hydrogen-bond donors (Lipinski definition) is 3. The first-order valence-electron chi connectivity index (χ1n) is 8.02. The Morgan fingerprint density at radius 2 is 2.00 bits per heavy atom. The van der Waals surface area contributed by atoms with Crippen LogP contribution in [-0.2, 0) is 16.0 Å². The van der Waals surface area contributed by atoms with Crippen molar-refractivity contribution in [3.63, 3.8) is 0 Å². The van der Waals surface area contributed by atoms with Crippen LogP contribution in [0.4, 0.5) is 0 Å². The van der Waals surface area contributed by atoms with Gasteiger partial charge in [-0.05, 0) is 30.5 Å². The van der Waals surface area contributed by atoms with Gasteiger partial charge >= 0.3 is 11.6 Å². The van der Waals surface area contributed by atoms with E-state index in [2.05, 4.69) is 5.32 Å². The van der Waals surface area contributed by atoms with Gasteiger partial charge in [0.1, 0.15) is 17.4 Å². The Kier molecular flexibility index (Phi) is 5.46. The Balaban J connectivity index is 2.30. The highest BCUT2D eigenvalue weighted by Gasteiger charge is 2.26. The molecule has 0 spiro atoms. The second kappa shape index (κ2) is 7.38. The molecule has 2 aromatic rings. The number of carboxylic acid groups (broad SMARTS) is 1. The van der Waals surface area contributed by atoms with Crippen molar-refractivity contribution < 1.29 is 24.2 Å². The summed E-state index contributed by atoms with van der Waals surface area (Å²) in [7, 11) is 0. The minimum atomic E-state index is -1.11. The van der Waals surface area contributed by atoms with Gasteiger partial charge in [-0.15, -0.1) is 0 Å². The highest BCUT2D eigenvalue weighted by Crippen LogP contribution is 2.23. The SMILES string of the molecule is CC[C@H](C)[C@@H](NC(=O)Cc1c(C)c2ccc(O)cc2oc1=O)C(=O)O. The maximum Gasteiger partial charge on any atom is 0.340 e. The van der Waals surface area contributed by atoms with Gasteiger partial charge in [0.15, 0.2) is 0 Å². The van der Waals surface area contributed by atoms with E-state index in [-0.39, 0.29) is 29.2 Å². The average molecular weight is 347 g/mol. The summed E-state index contributed by atoms with van der Waals surface area (Å²) in [4.78, 5) is 35.7. The molecule has 0 fully saturated rings. The summed E-state index contributed by atoms with van der Waals surface area (Å²) in [6.07, 6.45) is 0.322. The molecule has 1 aromatic heterocycles. The number of amides is 1. The molecule has 7 nitrogen and oxygen atoms in total. The molecule has 1 heterocycles. The lowest BCUT2D eigenvalue weighted by Gasteiger charge is -2.20. The third kappa shape index (κ3) is 3.99. The highest BCUT2D eigenvalue weighted by atomic mass is 16.4. The Morgan fingerprint density at radius 1 is 1.32 bits per heavy atom. The van der Waals surface area contributed by atoms with Crippen LogP contribution in [0.1, 0.15) is 31.4 Å². The number of benzene rings is 1. The molecule has 3 N–H and O–H groups in total. The highest BCUT2D eigenvalue weighted by molar-refractivity contribution is 5.87. The van der Waals surface area contributed by atoms with E-state index in [0.29, 0.717) is 17.4 Å². The van der Waals surface area contributed by atoms with Crippen molar-refractivity contribution in [1.29, 1.82) is 0 Å². The molecule has 0 bridgehead atoms. The molecule has 1 amide bonds. The van der Waals surface area contributed by atoms with Crippen molar-refractivity contribution in [3.05, 3.63) is 39.7 Å². The molecular formula is C18H21NO6. The van der Waals surface area contributed by atoms with Gasteiger partial charge in [-0.25, -0.2) is 9.59 Å². The van der Waals surface area contributed by atoms with E-state index < -0.39 is 23.5 Å². The van der Waals surface area contributed by atoms with E-state index in [9.17, 15) is 24.6 Å². The number of carboxylic acids is 1. The van der Waals surface area contributed by atoms with E-state index in [1.807, 2.05) is 6.92 Å². The topological polar surface area (TPSA) is 117 Å². The second-order valence-electron chi connectivity index (χ2n) is 6.12. The summed E-state index contributed by atoms with van der Waals surface area (Å²) in [5.74, 6) is -1.93. The second-order valence-corrected chi connectivity index (χ2v) is 6.12. The molecule has 0 aliphatic carbocycles. The van der Waals surface area contributed by atoms with Gasteiger partial charge < -0.3 is 19.9 Å². The molecule has 0 unspecified atom stereocenters. The van der Waals surface area contributed by atoms with Crippen LogP contribution < -0.4 is 10.9 Å². The van der Waals surface area contributed by atoms with Crippen molar-refractivity contribution in [1.82, 2.24) is 5.32 Å². The van der Waals surface area contributed by atoms with Crippen molar-refractivity contribution in [3.8, 4) is 5.75 Å². The Labute approximate surface area is 144 Å². The van der Waals surface area contributed by atoms with Crippen LogP contribution in [-0.4, -0.2) is 28.1 Å². The molecule has 7 heteroatoms.